The van der Waals surface area contributed by atoms with Gasteiger partial charge in [-0.3, -0.25) is 0 Å². The molecule has 3 heteroatoms. The van der Waals surface area contributed by atoms with Crippen molar-refractivity contribution in [3.05, 3.63) is 29.9 Å². The van der Waals surface area contributed by atoms with Gasteiger partial charge < -0.3 is 9.88 Å². The van der Waals surface area contributed by atoms with Crippen LogP contribution in [0.5, 0.6) is 0 Å². The molecule has 0 unspecified atom stereocenters. The summed E-state index contributed by atoms with van der Waals surface area (Å²) in [6, 6.07) is 0. The summed E-state index contributed by atoms with van der Waals surface area (Å²) in [5.41, 5.74) is 3.07. The molecule has 1 aliphatic heterocycles. The minimum Gasteiger partial charge on any atom is -0.334 e. The van der Waals surface area contributed by atoms with Crippen molar-refractivity contribution in [3.63, 3.8) is 0 Å². The first-order valence-corrected chi connectivity index (χ1v) is 6.82. The van der Waals surface area contributed by atoms with Gasteiger partial charge in [-0.25, -0.2) is 4.98 Å². The molecule has 1 aromatic heterocycles. The Hall–Kier alpha value is -1.09. The Morgan fingerprint density at radius 2 is 2.35 bits per heavy atom. The van der Waals surface area contributed by atoms with Crippen LogP contribution < -0.4 is 5.32 Å². The van der Waals surface area contributed by atoms with Gasteiger partial charge in [0, 0.05) is 30.9 Å². The normalized spacial score (nSPS) is 21.1. The van der Waals surface area contributed by atoms with Crippen LogP contribution in [0.1, 0.15) is 43.7 Å². The molecule has 92 valence electrons. The molecule has 1 N–H and O–H groups in total. The Kier molecular flexibility index (Phi) is 3.27. The predicted molar refractivity (Wildman–Crippen MR) is 69.0 cm³/mol. The van der Waals surface area contributed by atoms with Gasteiger partial charge in [0.25, 0.3) is 0 Å². The highest BCUT2D eigenvalue weighted by atomic mass is 15.0. The van der Waals surface area contributed by atoms with E-state index >= 15 is 0 Å². The average Bonchev–Trinajstić information content (AvgIpc) is 2.74. The number of nitrogens with zero attached hydrogens (tertiary/aromatic N) is 2. The Morgan fingerprint density at radius 3 is 3.06 bits per heavy atom. The lowest BCUT2D eigenvalue weighted by molar-refractivity contribution is 0.396. The van der Waals surface area contributed by atoms with Gasteiger partial charge in [0.2, 0.25) is 0 Å². The van der Waals surface area contributed by atoms with Gasteiger partial charge >= 0.3 is 0 Å². The lowest BCUT2D eigenvalue weighted by Crippen LogP contribution is -2.21. The van der Waals surface area contributed by atoms with E-state index in [1.807, 2.05) is 6.33 Å². The van der Waals surface area contributed by atoms with Crippen LogP contribution >= 0.6 is 0 Å². The number of rotatable bonds is 4. The Balaban J connectivity index is 1.60. The number of nitrogens with one attached hydrogen (secondary N) is 1. The topological polar surface area (TPSA) is 29.9 Å². The molecule has 0 bridgehead atoms. The highest BCUT2D eigenvalue weighted by Crippen LogP contribution is 2.36. The molecule has 2 aliphatic rings. The van der Waals surface area contributed by atoms with Crippen molar-refractivity contribution in [2.24, 2.45) is 0 Å². The lowest BCUT2D eigenvalue weighted by Gasteiger charge is -2.26. The van der Waals surface area contributed by atoms with Gasteiger partial charge in [0.05, 0.1) is 6.33 Å². The molecule has 3 nitrogen and oxygen atoms in total. The number of aryl methyl sites for hydroxylation is 1. The summed E-state index contributed by atoms with van der Waals surface area (Å²) in [7, 11) is 0. The number of hydrogen-bond acceptors (Lipinski definition) is 2. The van der Waals surface area contributed by atoms with Gasteiger partial charge in [-0.15, -0.1) is 0 Å². The molecule has 0 amide bonds. The molecule has 1 fully saturated rings. The van der Waals surface area contributed by atoms with Crippen molar-refractivity contribution in [2.75, 3.05) is 13.1 Å². The van der Waals surface area contributed by atoms with Gasteiger partial charge in [0.15, 0.2) is 0 Å². The van der Waals surface area contributed by atoms with E-state index in [-0.39, 0.29) is 0 Å². The molecule has 1 aromatic rings. The SMILES string of the molecule is C1=C(CCn2cncc2C2CCC2)CCNC1. The Bertz CT molecular complexity index is 401. The largest absolute Gasteiger partial charge is 0.334 e. The quantitative estimate of drug-likeness (QED) is 0.807. The molecule has 1 saturated carbocycles. The number of aromatic nitrogens is 2. The second-order valence-electron chi connectivity index (χ2n) is 5.21. The standard InChI is InChI=1S/C14H21N3/c1-2-13(3-1)14-10-16-11-17(14)9-6-12-4-7-15-8-5-12/h4,10-11,13,15H,1-3,5-9H2. The van der Waals surface area contributed by atoms with Crippen LogP contribution in [0.15, 0.2) is 24.2 Å². The van der Waals surface area contributed by atoms with Crippen LogP contribution in [-0.2, 0) is 6.54 Å². The van der Waals surface area contributed by atoms with E-state index in [1.165, 1.54) is 37.8 Å². The van der Waals surface area contributed by atoms with Crippen LogP contribution in [-0.4, -0.2) is 22.6 Å². The van der Waals surface area contributed by atoms with Crippen molar-refractivity contribution in [2.45, 2.75) is 44.6 Å². The summed E-state index contributed by atoms with van der Waals surface area (Å²) in [5, 5.41) is 3.36. The van der Waals surface area contributed by atoms with Crippen molar-refractivity contribution in [3.8, 4) is 0 Å². The molecule has 3 rings (SSSR count). The van der Waals surface area contributed by atoms with Crippen molar-refractivity contribution in [1.82, 2.24) is 14.9 Å². The maximum atomic E-state index is 4.32. The fraction of sp³-hybridized carbons (Fsp3) is 0.643. The monoisotopic (exact) mass is 231 g/mol. The third-order valence-corrected chi connectivity index (χ3v) is 4.10. The third kappa shape index (κ3) is 2.44. The van der Waals surface area contributed by atoms with E-state index in [1.54, 1.807) is 5.57 Å². The molecule has 0 saturated heterocycles. The van der Waals surface area contributed by atoms with Crippen molar-refractivity contribution in [1.29, 1.82) is 0 Å². The molecule has 0 atom stereocenters. The van der Waals surface area contributed by atoms with Crippen LogP contribution in [0.3, 0.4) is 0 Å². The van der Waals surface area contributed by atoms with E-state index in [4.69, 9.17) is 0 Å². The second kappa shape index (κ2) is 5.05. The van der Waals surface area contributed by atoms with Gasteiger partial charge in [-0.1, -0.05) is 18.1 Å². The molecular weight excluding hydrogens is 210 g/mol. The van der Waals surface area contributed by atoms with Gasteiger partial charge in [0.1, 0.15) is 0 Å². The summed E-state index contributed by atoms with van der Waals surface area (Å²) >= 11 is 0. The molecule has 2 heterocycles. The summed E-state index contributed by atoms with van der Waals surface area (Å²) in [4.78, 5) is 4.32. The summed E-state index contributed by atoms with van der Waals surface area (Å²) in [6.07, 6.45) is 13.0. The van der Waals surface area contributed by atoms with E-state index in [0.29, 0.717) is 0 Å². The summed E-state index contributed by atoms with van der Waals surface area (Å²) in [5.74, 6) is 0.791. The lowest BCUT2D eigenvalue weighted by atomic mass is 9.83. The fourth-order valence-corrected chi connectivity index (χ4v) is 2.72. The highest BCUT2D eigenvalue weighted by Gasteiger charge is 2.22. The van der Waals surface area contributed by atoms with E-state index in [2.05, 4.69) is 27.1 Å². The van der Waals surface area contributed by atoms with Crippen LogP contribution in [0.2, 0.25) is 0 Å². The van der Waals surface area contributed by atoms with E-state index in [9.17, 15) is 0 Å². The molecule has 17 heavy (non-hydrogen) atoms. The molecule has 1 aliphatic carbocycles. The molecule has 0 aromatic carbocycles. The maximum absolute atomic E-state index is 4.32. The number of imidazole rings is 1. The fourth-order valence-electron chi connectivity index (χ4n) is 2.72. The average molecular weight is 231 g/mol. The van der Waals surface area contributed by atoms with E-state index in [0.717, 1.165) is 25.6 Å². The first-order chi connectivity index (χ1) is 8.43. The Morgan fingerprint density at radius 1 is 1.41 bits per heavy atom. The summed E-state index contributed by atoms with van der Waals surface area (Å²) in [6.45, 7) is 3.30. The zero-order valence-electron chi connectivity index (χ0n) is 10.4. The minimum atomic E-state index is 0.791. The Labute approximate surface area is 103 Å². The van der Waals surface area contributed by atoms with Crippen LogP contribution in [0, 0.1) is 0 Å². The first-order valence-electron chi connectivity index (χ1n) is 6.82. The third-order valence-electron chi connectivity index (χ3n) is 4.10. The summed E-state index contributed by atoms with van der Waals surface area (Å²) < 4.78 is 2.37. The highest BCUT2D eigenvalue weighted by molar-refractivity contribution is 5.11. The first kappa shape index (κ1) is 11.0. The van der Waals surface area contributed by atoms with Crippen molar-refractivity contribution < 1.29 is 0 Å². The van der Waals surface area contributed by atoms with Crippen LogP contribution in [0.4, 0.5) is 0 Å². The zero-order valence-corrected chi connectivity index (χ0v) is 10.4. The maximum Gasteiger partial charge on any atom is 0.0948 e. The minimum absolute atomic E-state index is 0.791. The van der Waals surface area contributed by atoms with Gasteiger partial charge in [-0.2, -0.15) is 0 Å². The molecular formula is C14H21N3. The predicted octanol–water partition coefficient (Wildman–Crippen LogP) is 2.46. The zero-order chi connectivity index (χ0) is 11.5. The van der Waals surface area contributed by atoms with Crippen molar-refractivity contribution >= 4 is 0 Å². The number of hydrogen-bond donors (Lipinski definition) is 1. The smallest absolute Gasteiger partial charge is 0.0948 e. The van der Waals surface area contributed by atoms with E-state index < -0.39 is 0 Å². The van der Waals surface area contributed by atoms with Gasteiger partial charge in [-0.05, 0) is 32.2 Å². The second-order valence-corrected chi connectivity index (χ2v) is 5.21. The molecule has 0 radical (unpaired) electrons. The molecule has 0 spiro atoms. The van der Waals surface area contributed by atoms with Crippen LogP contribution in [0.25, 0.3) is 0 Å².